The van der Waals surface area contributed by atoms with Crippen LogP contribution in [0.1, 0.15) is 31.8 Å². The van der Waals surface area contributed by atoms with Crippen molar-refractivity contribution in [2.75, 3.05) is 19.2 Å². The van der Waals surface area contributed by atoms with Crippen LogP contribution in [-0.4, -0.2) is 42.1 Å². The maximum absolute atomic E-state index is 13.1. The van der Waals surface area contributed by atoms with Gasteiger partial charge in [-0.15, -0.1) is 11.3 Å². The predicted octanol–water partition coefficient (Wildman–Crippen LogP) is 6.18. The number of carboxylic acid groups (broad SMARTS) is 1. The Morgan fingerprint density at radius 1 is 1.07 bits per heavy atom. The van der Waals surface area contributed by atoms with Crippen molar-refractivity contribution >= 4 is 50.9 Å². The number of anilines is 1. The molecular weight excluding hydrogens is 598 g/mol. The standard InChI is InChI=1S/C29H24BrN3O6S/c1-38-23-14-21-22(25(30)26(23)39-2)16-32(28(21)35)15-17-5-7-19(8-6-17)27(34)31-33(29(36)37)20-11-9-18(10-12-20)24-4-3-13-40-24/h3-14H,15-16H2,1-2H3,(H,31,34)(H,36,37). The number of benzene rings is 3. The van der Waals surface area contributed by atoms with Crippen molar-refractivity contribution in [2.45, 2.75) is 13.1 Å². The topological polar surface area (TPSA) is 108 Å². The minimum absolute atomic E-state index is 0.138. The largest absolute Gasteiger partial charge is 0.493 e. The third kappa shape index (κ3) is 5.25. The summed E-state index contributed by atoms with van der Waals surface area (Å²) in [6, 6.07) is 19.2. The van der Waals surface area contributed by atoms with Crippen molar-refractivity contribution in [2.24, 2.45) is 0 Å². The van der Waals surface area contributed by atoms with Crippen LogP contribution in [0.2, 0.25) is 0 Å². The fourth-order valence-electron chi connectivity index (χ4n) is 4.48. The summed E-state index contributed by atoms with van der Waals surface area (Å²) in [5, 5.41) is 12.5. The van der Waals surface area contributed by atoms with Gasteiger partial charge in [-0.3, -0.25) is 15.0 Å². The van der Waals surface area contributed by atoms with E-state index in [4.69, 9.17) is 9.47 Å². The number of ether oxygens (including phenoxy) is 2. The SMILES string of the molecule is COc1cc2c(c(Br)c1OC)CN(Cc1ccc(C(=O)NN(C(=O)O)c3ccc(-c4cccs4)cc3)cc1)C2=O. The molecule has 0 unspecified atom stereocenters. The number of carbonyl (C=O) groups is 3. The first-order chi connectivity index (χ1) is 19.3. The Kier molecular flexibility index (Phi) is 7.76. The van der Waals surface area contributed by atoms with Crippen LogP contribution in [0, 0.1) is 0 Å². The van der Waals surface area contributed by atoms with Gasteiger partial charge in [0.05, 0.1) is 24.4 Å². The molecule has 0 fully saturated rings. The van der Waals surface area contributed by atoms with Crippen LogP contribution in [0.25, 0.3) is 10.4 Å². The summed E-state index contributed by atoms with van der Waals surface area (Å²) in [7, 11) is 3.06. The number of halogens is 1. The number of nitrogens with zero attached hydrogens (tertiary/aromatic N) is 2. The third-order valence-corrected chi connectivity index (χ3v) is 8.26. The van der Waals surface area contributed by atoms with Gasteiger partial charge in [0.2, 0.25) is 0 Å². The van der Waals surface area contributed by atoms with Crippen molar-refractivity contribution in [3.05, 3.63) is 98.8 Å². The number of rotatable bonds is 7. The van der Waals surface area contributed by atoms with E-state index in [-0.39, 0.29) is 11.5 Å². The van der Waals surface area contributed by atoms with Crippen molar-refractivity contribution in [3.8, 4) is 21.9 Å². The van der Waals surface area contributed by atoms with E-state index in [0.717, 1.165) is 26.6 Å². The highest BCUT2D eigenvalue weighted by Crippen LogP contribution is 2.43. The Balaban J connectivity index is 1.26. The van der Waals surface area contributed by atoms with E-state index < -0.39 is 12.0 Å². The summed E-state index contributed by atoms with van der Waals surface area (Å²) < 4.78 is 11.5. The van der Waals surface area contributed by atoms with Crippen LogP contribution in [0.15, 0.2) is 76.6 Å². The maximum Gasteiger partial charge on any atom is 0.431 e. The number of nitrogens with one attached hydrogen (secondary N) is 1. The van der Waals surface area contributed by atoms with E-state index in [9.17, 15) is 19.5 Å². The molecule has 0 saturated heterocycles. The van der Waals surface area contributed by atoms with Gasteiger partial charge < -0.3 is 19.5 Å². The Labute approximate surface area is 242 Å². The summed E-state index contributed by atoms with van der Waals surface area (Å²) in [6.07, 6.45) is -1.32. The molecule has 0 radical (unpaired) electrons. The maximum atomic E-state index is 13.1. The molecule has 4 aromatic rings. The molecule has 1 aliphatic heterocycles. The smallest absolute Gasteiger partial charge is 0.431 e. The molecule has 11 heteroatoms. The zero-order chi connectivity index (χ0) is 28.4. The lowest BCUT2D eigenvalue weighted by atomic mass is 10.1. The Hall–Kier alpha value is -4.35. The average molecular weight is 622 g/mol. The number of hydrogen-bond donors (Lipinski definition) is 2. The third-order valence-electron chi connectivity index (χ3n) is 6.50. The minimum atomic E-state index is -1.32. The second-order valence-corrected chi connectivity index (χ2v) is 10.6. The predicted molar refractivity (Wildman–Crippen MR) is 155 cm³/mol. The normalized spacial score (nSPS) is 12.2. The van der Waals surface area contributed by atoms with Gasteiger partial charge in [-0.2, -0.15) is 5.01 Å². The number of fused-ring (bicyclic) bond motifs is 1. The molecule has 0 atom stereocenters. The zero-order valence-electron chi connectivity index (χ0n) is 21.5. The molecule has 0 saturated carbocycles. The number of hydrogen-bond acceptors (Lipinski definition) is 6. The van der Waals surface area contributed by atoms with Gasteiger partial charge in [-0.1, -0.05) is 30.3 Å². The van der Waals surface area contributed by atoms with Gasteiger partial charge in [0.1, 0.15) is 0 Å². The molecule has 0 bridgehead atoms. The highest BCUT2D eigenvalue weighted by molar-refractivity contribution is 9.10. The second kappa shape index (κ2) is 11.4. The number of thiophene rings is 1. The Morgan fingerprint density at radius 2 is 1.80 bits per heavy atom. The number of hydrazine groups is 1. The average Bonchev–Trinajstić information content (AvgIpc) is 3.61. The highest BCUT2D eigenvalue weighted by atomic mass is 79.9. The second-order valence-electron chi connectivity index (χ2n) is 8.89. The van der Waals surface area contributed by atoms with Crippen LogP contribution in [0.3, 0.4) is 0 Å². The van der Waals surface area contributed by atoms with E-state index in [1.165, 1.54) is 7.11 Å². The highest BCUT2D eigenvalue weighted by Gasteiger charge is 2.32. The van der Waals surface area contributed by atoms with Crippen LogP contribution in [0.5, 0.6) is 11.5 Å². The lowest BCUT2D eigenvalue weighted by Crippen LogP contribution is -2.45. The molecule has 0 aliphatic carbocycles. The van der Waals surface area contributed by atoms with Crippen LogP contribution >= 0.6 is 27.3 Å². The fourth-order valence-corrected chi connectivity index (χ4v) is 5.91. The minimum Gasteiger partial charge on any atom is -0.493 e. The van der Waals surface area contributed by atoms with Crippen LogP contribution in [-0.2, 0) is 13.1 Å². The van der Waals surface area contributed by atoms with E-state index >= 15 is 0 Å². The lowest BCUT2D eigenvalue weighted by Gasteiger charge is -2.20. The summed E-state index contributed by atoms with van der Waals surface area (Å²) in [6.45, 7) is 0.709. The molecule has 2 N–H and O–H groups in total. The summed E-state index contributed by atoms with van der Waals surface area (Å²) in [5.74, 6) is 0.275. The summed E-state index contributed by atoms with van der Waals surface area (Å²) >= 11 is 5.12. The first kappa shape index (κ1) is 27.2. The van der Waals surface area contributed by atoms with Gasteiger partial charge in [-0.05, 0) is 68.8 Å². The molecule has 3 amide bonds. The van der Waals surface area contributed by atoms with E-state index in [0.29, 0.717) is 40.3 Å². The van der Waals surface area contributed by atoms with Crippen molar-refractivity contribution < 1.29 is 29.0 Å². The van der Waals surface area contributed by atoms with Crippen molar-refractivity contribution in [1.29, 1.82) is 0 Å². The quantitative estimate of drug-likeness (QED) is 0.239. The Bertz CT molecular complexity index is 1570. The zero-order valence-corrected chi connectivity index (χ0v) is 23.9. The first-order valence-electron chi connectivity index (χ1n) is 12.1. The van der Waals surface area contributed by atoms with Gasteiger partial charge in [0.15, 0.2) is 11.5 Å². The van der Waals surface area contributed by atoms with E-state index in [1.54, 1.807) is 77.9 Å². The first-order valence-corrected chi connectivity index (χ1v) is 13.8. The summed E-state index contributed by atoms with van der Waals surface area (Å²) in [5.41, 5.74) is 6.15. The molecule has 1 aliphatic rings. The van der Waals surface area contributed by atoms with Gasteiger partial charge in [0.25, 0.3) is 11.8 Å². The number of methoxy groups -OCH3 is 2. The van der Waals surface area contributed by atoms with E-state index in [2.05, 4.69) is 21.4 Å². The molecule has 1 aromatic heterocycles. The molecule has 0 spiro atoms. The van der Waals surface area contributed by atoms with Crippen molar-refractivity contribution in [3.63, 3.8) is 0 Å². The number of amides is 3. The van der Waals surface area contributed by atoms with Gasteiger partial charge in [0, 0.05) is 34.7 Å². The molecule has 5 rings (SSSR count). The molecule has 9 nitrogen and oxygen atoms in total. The van der Waals surface area contributed by atoms with Gasteiger partial charge in [-0.25, -0.2) is 4.79 Å². The lowest BCUT2D eigenvalue weighted by molar-refractivity contribution is 0.0766. The monoisotopic (exact) mass is 621 g/mol. The van der Waals surface area contributed by atoms with Crippen LogP contribution in [0.4, 0.5) is 10.5 Å². The van der Waals surface area contributed by atoms with Crippen LogP contribution < -0.4 is 19.9 Å². The van der Waals surface area contributed by atoms with Gasteiger partial charge >= 0.3 is 6.09 Å². The number of carbonyl (C=O) groups excluding carboxylic acids is 2. The molecule has 204 valence electrons. The molecule has 40 heavy (non-hydrogen) atoms. The molecule has 2 heterocycles. The molecular formula is C29H24BrN3O6S. The van der Waals surface area contributed by atoms with E-state index in [1.807, 2.05) is 17.5 Å². The molecule has 3 aromatic carbocycles. The Morgan fingerprint density at radius 3 is 2.40 bits per heavy atom. The van der Waals surface area contributed by atoms with Crippen molar-refractivity contribution in [1.82, 2.24) is 10.3 Å². The fraction of sp³-hybridized carbons (Fsp3) is 0.138. The summed E-state index contributed by atoms with van der Waals surface area (Å²) in [4.78, 5) is 40.6.